The molecule has 0 bridgehead atoms. The van der Waals surface area contributed by atoms with E-state index in [1.54, 1.807) is 24.3 Å². The van der Waals surface area contributed by atoms with Crippen molar-refractivity contribution in [2.24, 2.45) is 5.41 Å². The van der Waals surface area contributed by atoms with E-state index in [4.69, 9.17) is 0 Å². The molecule has 0 aliphatic heterocycles. The summed E-state index contributed by atoms with van der Waals surface area (Å²) in [6.07, 6.45) is 0. The number of hydrogen-bond donors (Lipinski definition) is 2. The average Bonchev–Trinajstić information content (AvgIpc) is 2.54. The van der Waals surface area contributed by atoms with Gasteiger partial charge in [-0.25, -0.2) is 0 Å². The minimum atomic E-state index is -0.296. The minimum absolute atomic E-state index is 0.0183. The molecule has 0 fully saturated rings. The lowest BCUT2D eigenvalue weighted by Crippen LogP contribution is -2.42. The predicted molar refractivity (Wildman–Crippen MR) is 97.2 cm³/mol. The first kappa shape index (κ1) is 17.7. The van der Waals surface area contributed by atoms with Gasteiger partial charge in [0, 0.05) is 11.7 Å². The highest BCUT2D eigenvalue weighted by Crippen LogP contribution is 2.20. The molecule has 0 spiro atoms. The quantitative estimate of drug-likeness (QED) is 0.889. The number of carbonyl (C=O) groups excluding carboxylic acids is 2. The molecule has 0 saturated carbocycles. The number of hydrogen-bond acceptors (Lipinski definition) is 2. The molecule has 0 aliphatic carbocycles. The Kier molecular flexibility index (Phi) is 5.39. The van der Waals surface area contributed by atoms with Crippen molar-refractivity contribution in [3.8, 4) is 0 Å². The van der Waals surface area contributed by atoms with Gasteiger partial charge in [-0.2, -0.15) is 0 Å². The zero-order valence-electron chi connectivity index (χ0n) is 14.6. The number of para-hydroxylation sites is 1. The van der Waals surface area contributed by atoms with Gasteiger partial charge in [0.1, 0.15) is 0 Å². The monoisotopic (exact) mass is 324 g/mol. The van der Waals surface area contributed by atoms with Gasteiger partial charge in [0.15, 0.2) is 0 Å². The van der Waals surface area contributed by atoms with E-state index in [0.717, 1.165) is 0 Å². The van der Waals surface area contributed by atoms with Crippen LogP contribution in [-0.4, -0.2) is 17.9 Å². The number of rotatable bonds is 4. The summed E-state index contributed by atoms with van der Waals surface area (Å²) >= 11 is 0. The van der Waals surface area contributed by atoms with Crippen molar-refractivity contribution in [2.75, 3.05) is 5.32 Å². The Hall–Kier alpha value is -2.62. The van der Waals surface area contributed by atoms with E-state index in [9.17, 15) is 9.59 Å². The van der Waals surface area contributed by atoms with Crippen molar-refractivity contribution in [1.29, 1.82) is 0 Å². The van der Waals surface area contributed by atoms with E-state index in [1.165, 1.54) is 0 Å². The van der Waals surface area contributed by atoms with Crippen molar-refractivity contribution in [1.82, 2.24) is 5.32 Å². The van der Waals surface area contributed by atoms with E-state index in [-0.39, 0.29) is 23.3 Å². The Labute approximate surface area is 143 Å². The fraction of sp³-hybridized carbons (Fsp3) is 0.300. The van der Waals surface area contributed by atoms with Crippen LogP contribution in [0.3, 0.4) is 0 Å². The van der Waals surface area contributed by atoms with Gasteiger partial charge in [0.25, 0.3) is 11.8 Å². The van der Waals surface area contributed by atoms with Crippen LogP contribution in [0.2, 0.25) is 0 Å². The molecule has 4 heteroatoms. The topological polar surface area (TPSA) is 58.2 Å². The van der Waals surface area contributed by atoms with Gasteiger partial charge in [0.05, 0.1) is 11.1 Å². The van der Waals surface area contributed by atoms with Crippen molar-refractivity contribution in [3.63, 3.8) is 0 Å². The van der Waals surface area contributed by atoms with Gasteiger partial charge in [-0.05, 0) is 36.6 Å². The molecule has 0 aromatic heterocycles. The summed E-state index contributed by atoms with van der Waals surface area (Å²) in [5.41, 5.74) is 1.37. The maximum Gasteiger partial charge on any atom is 0.256 e. The zero-order valence-corrected chi connectivity index (χ0v) is 14.6. The van der Waals surface area contributed by atoms with Crippen LogP contribution in [0.1, 0.15) is 48.4 Å². The molecule has 2 aromatic rings. The second-order valence-electron chi connectivity index (χ2n) is 6.93. The third-order valence-corrected chi connectivity index (χ3v) is 4.09. The Balaban J connectivity index is 2.21. The van der Waals surface area contributed by atoms with Crippen molar-refractivity contribution in [3.05, 3.63) is 65.7 Å². The summed E-state index contributed by atoms with van der Waals surface area (Å²) in [6.45, 7) is 8.15. The molecule has 0 radical (unpaired) electrons. The van der Waals surface area contributed by atoms with Crippen molar-refractivity contribution in [2.45, 2.75) is 33.7 Å². The molecule has 0 heterocycles. The highest BCUT2D eigenvalue weighted by atomic mass is 16.2. The van der Waals surface area contributed by atoms with E-state index < -0.39 is 0 Å². The molecule has 126 valence electrons. The van der Waals surface area contributed by atoms with Gasteiger partial charge in [0.2, 0.25) is 0 Å². The largest absolute Gasteiger partial charge is 0.349 e. The van der Waals surface area contributed by atoms with Gasteiger partial charge in [-0.3, -0.25) is 9.59 Å². The highest BCUT2D eigenvalue weighted by molar-refractivity contribution is 6.12. The fourth-order valence-electron chi connectivity index (χ4n) is 2.09. The van der Waals surface area contributed by atoms with Crippen molar-refractivity contribution < 1.29 is 9.59 Å². The first-order valence-electron chi connectivity index (χ1n) is 8.05. The Morgan fingerprint density at radius 2 is 1.33 bits per heavy atom. The summed E-state index contributed by atoms with van der Waals surface area (Å²) < 4.78 is 0. The van der Waals surface area contributed by atoms with E-state index in [0.29, 0.717) is 16.8 Å². The molecule has 1 unspecified atom stereocenters. The molecule has 0 saturated heterocycles. The Bertz CT molecular complexity index is 718. The van der Waals surface area contributed by atoms with E-state index in [2.05, 4.69) is 31.4 Å². The van der Waals surface area contributed by atoms with Crippen LogP contribution in [0.5, 0.6) is 0 Å². The smallest absolute Gasteiger partial charge is 0.256 e. The second-order valence-corrected chi connectivity index (χ2v) is 6.93. The van der Waals surface area contributed by atoms with Gasteiger partial charge < -0.3 is 10.6 Å². The molecule has 2 aromatic carbocycles. The summed E-state index contributed by atoms with van der Waals surface area (Å²) in [4.78, 5) is 25.1. The molecular weight excluding hydrogens is 300 g/mol. The van der Waals surface area contributed by atoms with E-state index >= 15 is 0 Å². The van der Waals surface area contributed by atoms with Crippen LogP contribution in [0, 0.1) is 5.41 Å². The molecule has 2 rings (SSSR count). The normalized spacial score (nSPS) is 12.3. The van der Waals surface area contributed by atoms with Crippen LogP contribution in [0.15, 0.2) is 54.6 Å². The fourth-order valence-corrected chi connectivity index (χ4v) is 2.09. The Morgan fingerprint density at radius 1 is 0.833 bits per heavy atom. The Morgan fingerprint density at radius 3 is 1.88 bits per heavy atom. The molecule has 2 amide bonds. The van der Waals surface area contributed by atoms with Crippen LogP contribution in [-0.2, 0) is 0 Å². The summed E-state index contributed by atoms with van der Waals surface area (Å²) in [5.74, 6) is -0.536. The lowest BCUT2D eigenvalue weighted by atomic mass is 9.88. The maximum atomic E-state index is 12.6. The van der Waals surface area contributed by atoms with Gasteiger partial charge in [-0.1, -0.05) is 51.1 Å². The van der Waals surface area contributed by atoms with Crippen LogP contribution < -0.4 is 10.6 Å². The number of benzene rings is 2. The first-order chi connectivity index (χ1) is 11.3. The highest BCUT2D eigenvalue weighted by Gasteiger charge is 2.24. The number of nitrogens with one attached hydrogen (secondary N) is 2. The average molecular weight is 324 g/mol. The second kappa shape index (κ2) is 7.30. The van der Waals surface area contributed by atoms with Crippen LogP contribution in [0.25, 0.3) is 0 Å². The van der Waals surface area contributed by atoms with Gasteiger partial charge in [-0.15, -0.1) is 0 Å². The first-order valence-corrected chi connectivity index (χ1v) is 8.05. The number of amides is 2. The maximum absolute atomic E-state index is 12.6. The minimum Gasteiger partial charge on any atom is -0.349 e. The number of carbonyl (C=O) groups is 2. The molecule has 2 N–H and O–H groups in total. The molecular formula is C20H24N2O2. The SMILES string of the molecule is CC(NC(=O)c1ccccc1C(=O)Nc1ccccc1)C(C)(C)C. The van der Waals surface area contributed by atoms with Crippen LogP contribution >= 0.6 is 0 Å². The van der Waals surface area contributed by atoms with E-state index in [1.807, 2.05) is 37.3 Å². The molecule has 0 aliphatic rings. The number of anilines is 1. The predicted octanol–water partition coefficient (Wildman–Crippen LogP) is 4.10. The van der Waals surface area contributed by atoms with Crippen molar-refractivity contribution >= 4 is 17.5 Å². The lowest BCUT2D eigenvalue weighted by molar-refractivity contribution is 0.0901. The summed E-state index contributed by atoms with van der Waals surface area (Å²) in [6, 6.07) is 16.0. The van der Waals surface area contributed by atoms with Gasteiger partial charge >= 0.3 is 0 Å². The molecule has 1 atom stereocenters. The van der Waals surface area contributed by atoms with Crippen LogP contribution in [0.4, 0.5) is 5.69 Å². The lowest BCUT2D eigenvalue weighted by Gasteiger charge is -2.28. The standard InChI is InChI=1S/C20H24N2O2/c1-14(20(2,3)4)21-18(23)16-12-8-9-13-17(16)19(24)22-15-10-6-5-7-11-15/h5-14H,1-4H3,(H,21,23)(H,22,24). The summed E-state index contributed by atoms with van der Waals surface area (Å²) in [5, 5.41) is 5.79. The zero-order chi connectivity index (χ0) is 17.7. The molecule has 4 nitrogen and oxygen atoms in total. The summed E-state index contributed by atoms with van der Waals surface area (Å²) in [7, 11) is 0. The third kappa shape index (κ3) is 4.44. The molecule has 24 heavy (non-hydrogen) atoms. The third-order valence-electron chi connectivity index (χ3n) is 4.09.